The van der Waals surface area contributed by atoms with Gasteiger partial charge >= 0.3 is 5.97 Å². The summed E-state index contributed by atoms with van der Waals surface area (Å²) >= 11 is 0. The van der Waals surface area contributed by atoms with Crippen molar-refractivity contribution >= 4 is 17.6 Å². The summed E-state index contributed by atoms with van der Waals surface area (Å²) in [6.45, 7) is 1.26. The van der Waals surface area contributed by atoms with Crippen LogP contribution in [-0.2, 0) is 14.3 Å². The molecule has 0 saturated carbocycles. The Labute approximate surface area is 126 Å². The minimum absolute atomic E-state index is 0.304. The Bertz CT molecular complexity index is 680. The van der Waals surface area contributed by atoms with Crippen LogP contribution in [0.3, 0.4) is 0 Å². The van der Waals surface area contributed by atoms with Crippen LogP contribution in [0, 0.1) is 0 Å². The molecule has 1 amide bonds. The first-order valence-corrected chi connectivity index (χ1v) is 6.64. The molecule has 2 heterocycles. The third-order valence-corrected chi connectivity index (χ3v) is 3.43. The topological polar surface area (TPSA) is 81.9 Å². The number of methoxy groups -OCH3 is 1. The Morgan fingerprint density at radius 3 is 2.59 bits per heavy atom. The lowest BCUT2D eigenvalue weighted by molar-refractivity contribution is -0.161. The third-order valence-electron chi connectivity index (χ3n) is 3.43. The number of hydrogen-bond acceptors (Lipinski definition) is 6. The van der Waals surface area contributed by atoms with E-state index < -0.39 is 18.1 Å². The Kier molecular flexibility index (Phi) is 3.54. The maximum atomic E-state index is 12.3. The summed E-state index contributed by atoms with van der Waals surface area (Å²) in [5.74, 6) is 0.324. The van der Waals surface area contributed by atoms with E-state index in [4.69, 9.17) is 13.9 Å². The summed E-state index contributed by atoms with van der Waals surface area (Å²) in [5.41, 5.74) is 0.663. The number of amides is 1. The van der Waals surface area contributed by atoms with Crippen LogP contribution in [-0.4, -0.2) is 30.1 Å². The zero-order valence-electron chi connectivity index (χ0n) is 12.1. The van der Waals surface area contributed by atoms with Gasteiger partial charge in [0.2, 0.25) is 6.10 Å². The molecule has 7 nitrogen and oxygen atoms in total. The number of oxazole rings is 1. The smallest absolute Gasteiger partial charge is 0.303 e. The highest BCUT2D eigenvalue weighted by atomic mass is 16.6. The highest BCUT2D eigenvalue weighted by molar-refractivity contribution is 6.05. The van der Waals surface area contributed by atoms with Gasteiger partial charge in [0.05, 0.1) is 13.3 Å². The van der Waals surface area contributed by atoms with Gasteiger partial charge in [0, 0.05) is 12.6 Å². The first-order chi connectivity index (χ1) is 10.6. The van der Waals surface area contributed by atoms with Gasteiger partial charge in [0.25, 0.3) is 5.91 Å². The first kappa shape index (κ1) is 14.1. The fourth-order valence-corrected chi connectivity index (χ4v) is 2.43. The molecule has 0 radical (unpaired) electrons. The molecule has 0 bridgehead atoms. The summed E-state index contributed by atoms with van der Waals surface area (Å²) in [6, 6.07) is 6.49. The van der Waals surface area contributed by atoms with Crippen LogP contribution in [0.5, 0.6) is 5.75 Å². The van der Waals surface area contributed by atoms with Crippen molar-refractivity contribution in [3.63, 3.8) is 0 Å². The van der Waals surface area contributed by atoms with E-state index in [1.54, 1.807) is 31.4 Å². The Morgan fingerprint density at radius 2 is 2.05 bits per heavy atom. The van der Waals surface area contributed by atoms with Gasteiger partial charge in [-0.05, 0) is 24.3 Å². The van der Waals surface area contributed by atoms with Gasteiger partial charge in [0.1, 0.15) is 11.8 Å². The quantitative estimate of drug-likeness (QED) is 0.631. The molecule has 3 rings (SSSR count). The molecule has 1 aromatic carbocycles. The summed E-state index contributed by atoms with van der Waals surface area (Å²) in [7, 11) is 1.57. The molecule has 0 N–H and O–H groups in total. The number of rotatable bonds is 4. The zero-order chi connectivity index (χ0) is 15.7. The second-order valence-corrected chi connectivity index (χ2v) is 4.78. The van der Waals surface area contributed by atoms with Gasteiger partial charge in [-0.2, -0.15) is 0 Å². The van der Waals surface area contributed by atoms with Crippen LogP contribution in [0.25, 0.3) is 0 Å². The van der Waals surface area contributed by atoms with Crippen LogP contribution in [0.2, 0.25) is 0 Å². The van der Waals surface area contributed by atoms with Crippen molar-refractivity contribution in [2.75, 3.05) is 12.0 Å². The van der Waals surface area contributed by atoms with Crippen molar-refractivity contribution in [1.82, 2.24) is 4.98 Å². The standard InChI is InChI=1S/C15H14N2O5/c1-9(18)22-14-13(12-7-16-8-21-12)17(15(14)19)10-3-5-11(20-2)6-4-10/h3-8,13-14H,1-2H3/t13-,14+/m0/s1. The lowest BCUT2D eigenvalue weighted by atomic mass is 9.94. The monoisotopic (exact) mass is 302 g/mol. The summed E-state index contributed by atoms with van der Waals surface area (Å²) < 4.78 is 15.5. The summed E-state index contributed by atoms with van der Waals surface area (Å²) in [6.07, 6.45) is 1.88. The number of β-lactam (4-membered cyclic amide) rings is 1. The van der Waals surface area contributed by atoms with Gasteiger partial charge in [-0.25, -0.2) is 4.98 Å². The van der Waals surface area contributed by atoms with Crippen molar-refractivity contribution in [2.45, 2.75) is 19.1 Å². The van der Waals surface area contributed by atoms with E-state index in [-0.39, 0.29) is 5.91 Å². The van der Waals surface area contributed by atoms with Crippen LogP contribution >= 0.6 is 0 Å². The molecular formula is C15H14N2O5. The highest BCUT2D eigenvalue weighted by Crippen LogP contribution is 2.41. The number of hydrogen-bond donors (Lipinski definition) is 0. The highest BCUT2D eigenvalue weighted by Gasteiger charge is 2.53. The van der Waals surface area contributed by atoms with Crippen LogP contribution in [0.15, 0.2) is 41.3 Å². The summed E-state index contributed by atoms with van der Waals surface area (Å²) in [5, 5.41) is 0. The van der Waals surface area contributed by atoms with Crippen LogP contribution < -0.4 is 9.64 Å². The SMILES string of the molecule is COc1ccc(N2C(=O)[C@H](OC(C)=O)[C@@H]2c2cnco2)cc1. The zero-order valence-corrected chi connectivity index (χ0v) is 12.1. The predicted octanol–water partition coefficient (Wildman–Crippen LogP) is 1.70. The molecule has 7 heteroatoms. The number of benzene rings is 1. The minimum atomic E-state index is -0.896. The molecule has 2 atom stereocenters. The van der Waals surface area contributed by atoms with Gasteiger partial charge in [0.15, 0.2) is 12.2 Å². The number of nitrogens with zero attached hydrogens (tertiary/aromatic N) is 2. The number of aromatic nitrogens is 1. The molecule has 1 aliphatic heterocycles. The average Bonchev–Trinajstić information content (AvgIpc) is 3.03. The van der Waals surface area contributed by atoms with Crippen molar-refractivity contribution in [1.29, 1.82) is 0 Å². The molecule has 0 spiro atoms. The number of carbonyl (C=O) groups excluding carboxylic acids is 2. The van der Waals surface area contributed by atoms with E-state index in [9.17, 15) is 9.59 Å². The lowest BCUT2D eigenvalue weighted by Crippen LogP contribution is -2.60. The van der Waals surface area contributed by atoms with E-state index in [0.717, 1.165) is 0 Å². The molecule has 1 aliphatic rings. The molecule has 0 aliphatic carbocycles. The Morgan fingerprint density at radius 1 is 1.32 bits per heavy atom. The average molecular weight is 302 g/mol. The fourth-order valence-electron chi connectivity index (χ4n) is 2.43. The molecule has 1 aromatic heterocycles. The van der Waals surface area contributed by atoms with Crippen molar-refractivity contribution in [2.24, 2.45) is 0 Å². The Balaban J connectivity index is 1.91. The van der Waals surface area contributed by atoms with Gasteiger partial charge in [-0.1, -0.05) is 0 Å². The van der Waals surface area contributed by atoms with Gasteiger partial charge in [-0.15, -0.1) is 0 Å². The molecule has 22 heavy (non-hydrogen) atoms. The second-order valence-electron chi connectivity index (χ2n) is 4.78. The maximum absolute atomic E-state index is 12.3. The molecule has 2 aromatic rings. The van der Waals surface area contributed by atoms with Crippen LogP contribution in [0.4, 0.5) is 5.69 Å². The second kappa shape index (κ2) is 5.51. The number of anilines is 1. The first-order valence-electron chi connectivity index (χ1n) is 6.64. The molecule has 0 unspecified atom stereocenters. The van der Waals surface area contributed by atoms with E-state index >= 15 is 0 Å². The van der Waals surface area contributed by atoms with Gasteiger partial charge < -0.3 is 13.9 Å². The maximum Gasteiger partial charge on any atom is 0.303 e. The number of ether oxygens (including phenoxy) is 2. The van der Waals surface area contributed by atoms with Crippen molar-refractivity contribution < 1.29 is 23.5 Å². The number of carbonyl (C=O) groups is 2. The molecule has 1 fully saturated rings. The van der Waals surface area contributed by atoms with Crippen molar-refractivity contribution in [3.8, 4) is 5.75 Å². The molecule has 114 valence electrons. The van der Waals surface area contributed by atoms with Crippen LogP contribution in [0.1, 0.15) is 18.7 Å². The largest absolute Gasteiger partial charge is 0.497 e. The predicted molar refractivity (Wildman–Crippen MR) is 75.3 cm³/mol. The molecular weight excluding hydrogens is 288 g/mol. The van der Waals surface area contributed by atoms with E-state index in [1.807, 2.05) is 0 Å². The molecule has 1 saturated heterocycles. The summed E-state index contributed by atoms with van der Waals surface area (Å²) in [4.78, 5) is 28.9. The van der Waals surface area contributed by atoms with E-state index in [1.165, 1.54) is 24.4 Å². The number of esters is 1. The normalized spacial score (nSPS) is 20.5. The minimum Gasteiger partial charge on any atom is -0.497 e. The lowest BCUT2D eigenvalue weighted by Gasteiger charge is -2.44. The van der Waals surface area contributed by atoms with E-state index in [2.05, 4.69) is 4.98 Å². The van der Waals surface area contributed by atoms with Crippen molar-refractivity contribution in [3.05, 3.63) is 42.6 Å². The van der Waals surface area contributed by atoms with Gasteiger partial charge in [-0.3, -0.25) is 14.5 Å². The third kappa shape index (κ3) is 2.30. The Hall–Kier alpha value is -2.83. The van der Waals surface area contributed by atoms with E-state index in [0.29, 0.717) is 17.2 Å². The fraction of sp³-hybridized carbons (Fsp3) is 0.267.